The van der Waals surface area contributed by atoms with Gasteiger partial charge in [-0.15, -0.1) is 0 Å². The largest absolute Gasteiger partial charge is 0.371 e. The molecule has 0 atom stereocenters. The molecule has 4 aromatic rings. The molecule has 33 heavy (non-hydrogen) atoms. The molecule has 5 rings (SSSR count). The number of carbonyl (C=O) groups is 2. The molecule has 2 heterocycles. The van der Waals surface area contributed by atoms with E-state index in [9.17, 15) is 9.59 Å². The molecule has 0 unspecified atom stereocenters. The molecule has 1 aliphatic heterocycles. The van der Waals surface area contributed by atoms with E-state index in [1.165, 1.54) is 0 Å². The van der Waals surface area contributed by atoms with Crippen molar-refractivity contribution in [2.24, 2.45) is 11.7 Å². The van der Waals surface area contributed by atoms with Crippen LogP contribution >= 0.6 is 0 Å². The molecule has 7 heteroatoms. The molecule has 0 bridgehead atoms. The Balaban J connectivity index is 1.29. The second-order valence-corrected chi connectivity index (χ2v) is 8.27. The van der Waals surface area contributed by atoms with Crippen molar-refractivity contribution in [3.05, 3.63) is 78.4 Å². The average Bonchev–Trinajstić information content (AvgIpc) is 3.28. The first-order valence-electron chi connectivity index (χ1n) is 11.0. The summed E-state index contributed by atoms with van der Waals surface area (Å²) in [4.78, 5) is 26.5. The van der Waals surface area contributed by atoms with Gasteiger partial charge in [-0.3, -0.25) is 9.59 Å². The zero-order valence-electron chi connectivity index (χ0n) is 18.0. The summed E-state index contributed by atoms with van der Waals surface area (Å²) in [6.45, 7) is 1.59. The number of fused-ring (bicyclic) bond motifs is 1. The number of nitrogens with two attached hydrogens (primary N) is 1. The first-order valence-corrected chi connectivity index (χ1v) is 11.0. The number of hydrogen-bond acceptors (Lipinski definition) is 5. The maximum absolute atomic E-state index is 12.9. The van der Waals surface area contributed by atoms with E-state index in [-0.39, 0.29) is 17.7 Å². The van der Waals surface area contributed by atoms with Crippen molar-refractivity contribution in [3.8, 4) is 11.3 Å². The topological polar surface area (TPSA) is 101 Å². The molecule has 1 saturated heterocycles. The van der Waals surface area contributed by atoms with E-state index in [1.54, 1.807) is 18.2 Å². The van der Waals surface area contributed by atoms with Crippen LogP contribution in [0.25, 0.3) is 22.2 Å². The van der Waals surface area contributed by atoms with Crippen LogP contribution in [0.15, 0.2) is 77.3 Å². The molecule has 0 aliphatic carbocycles. The van der Waals surface area contributed by atoms with Gasteiger partial charge < -0.3 is 20.5 Å². The molecule has 1 fully saturated rings. The molecule has 0 saturated carbocycles. The Morgan fingerprint density at radius 3 is 2.39 bits per heavy atom. The number of anilines is 2. The number of hydrogen-bond donors (Lipinski definition) is 2. The Morgan fingerprint density at radius 1 is 0.970 bits per heavy atom. The molecule has 0 radical (unpaired) electrons. The van der Waals surface area contributed by atoms with E-state index in [4.69, 9.17) is 10.3 Å². The number of piperidine rings is 1. The van der Waals surface area contributed by atoms with Crippen LogP contribution in [0.4, 0.5) is 11.4 Å². The number of nitrogens with one attached hydrogen (secondary N) is 1. The zero-order valence-corrected chi connectivity index (χ0v) is 18.0. The minimum absolute atomic E-state index is 0.0371. The maximum Gasteiger partial charge on any atom is 0.255 e. The van der Waals surface area contributed by atoms with Crippen LogP contribution in [0.5, 0.6) is 0 Å². The Morgan fingerprint density at radius 2 is 1.70 bits per heavy atom. The van der Waals surface area contributed by atoms with Crippen LogP contribution in [0.2, 0.25) is 0 Å². The van der Waals surface area contributed by atoms with E-state index >= 15 is 0 Å². The molecule has 1 aliphatic rings. The SMILES string of the molecule is NC(=O)C1CCN(c2ccc(NC(=O)c3ccc4noc(-c5ccccc5)c4c3)cc2)CC1. The highest BCUT2D eigenvalue weighted by Gasteiger charge is 2.23. The quantitative estimate of drug-likeness (QED) is 0.477. The molecule has 166 valence electrons. The number of primary amides is 1. The van der Waals surface area contributed by atoms with Gasteiger partial charge in [0.25, 0.3) is 5.91 Å². The fourth-order valence-corrected chi connectivity index (χ4v) is 4.26. The van der Waals surface area contributed by atoms with Crippen LogP contribution < -0.4 is 16.0 Å². The van der Waals surface area contributed by atoms with Crippen molar-refractivity contribution in [2.75, 3.05) is 23.3 Å². The Labute approximate surface area is 191 Å². The number of aromatic nitrogens is 1. The van der Waals surface area contributed by atoms with Gasteiger partial charge in [-0.1, -0.05) is 35.5 Å². The smallest absolute Gasteiger partial charge is 0.255 e. The van der Waals surface area contributed by atoms with Crippen LogP contribution in [0.3, 0.4) is 0 Å². The summed E-state index contributed by atoms with van der Waals surface area (Å²) in [5.74, 6) is 0.190. The number of rotatable bonds is 5. The van der Waals surface area contributed by atoms with Crippen molar-refractivity contribution >= 4 is 34.1 Å². The number of benzene rings is 3. The minimum atomic E-state index is -0.215. The third-order valence-electron chi connectivity index (χ3n) is 6.16. The van der Waals surface area contributed by atoms with Gasteiger partial charge >= 0.3 is 0 Å². The van der Waals surface area contributed by atoms with E-state index in [2.05, 4.69) is 15.4 Å². The fraction of sp³-hybridized carbons (Fsp3) is 0.192. The lowest BCUT2D eigenvalue weighted by Crippen LogP contribution is -2.38. The number of nitrogens with zero attached hydrogens (tertiary/aromatic N) is 2. The van der Waals surface area contributed by atoms with Gasteiger partial charge in [0.1, 0.15) is 5.52 Å². The van der Waals surface area contributed by atoms with Gasteiger partial charge in [0.15, 0.2) is 5.76 Å². The predicted octanol–water partition coefficient (Wildman–Crippen LogP) is 4.45. The van der Waals surface area contributed by atoms with Crippen LogP contribution in [-0.2, 0) is 4.79 Å². The van der Waals surface area contributed by atoms with Crippen molar-refractivity contribution in [2.45, 2.75) is 12.8 Å². The molecular weight excluding hydrogens is 416 g/mol. The van der Waals surface area contributed by atoms with Crippen molar-refractivity contribution in [3.63, 3.8) is 0 Å². The van der Waals surface area contributed by atoms with E-state index in [1.807, 2.05) is 54.6 Å². The van der Waals surface area contributed by atoms with Gasteiger partial charge in [0.2, 0.25) is 5.91 Å². The zero-order chi connectivity index (χ0) is 22.8. The average molecular weight is 441 g/mol. The highest BCUT2D eigenvalue weighted by atomic mass is 16.5. The van der Waals surface area contributed by atoms with Crippen molar-refractivity contribution in [1.29, 1.82) is 0 Å². The molecule has 0 spiro atoms. The van der Waals surface area contributed by atoms with E-state index < -0.39 is 0 Å². The van der Waals surface area contributed by atoms with E-state index in [0.717, 1.165) is 42.6 Å². The summed E-state index contributed by atoms with van der Waals surface area (Å²) in [5.41, 5.74) is 9.34. The second kappa shape index (κ2) is 8.78. The normalized spacial score (nSPS) is 14.4. The minimum Gasteiger partial charge on any atom is -0.371 e. The third kappa shape index (κ3) is 4.30. The summed E-state index contributed by atoms with van der Waals surface area (Å²) in [6, 6.07) is 22.8. The van der Waals surface area contributed by atoms with Gasteiger partial charge in [-0.2, -0.15) is 0 Å². The summed E-state index contributed by atoms with van der Waals surface area (Å²) >= 11 is 0. The van der Waals surface area contributed by atoms with Gasteiger partial charge in [-0.05, 0) is 55.3 Å². The third-order valence-corrected chi connectivity index (χ3v) is 6.16. The summed E-state index contributed by atoms with van der Waals surface area (Å²) < 4.78 is 5.53. The molecule has 2 amide bonds. The molecule has 7 nitrogen and oxygen atoms in total. The Hall–Kier alpha value is -4.13. The van der Waals surface area contributed by atoms with Crippen molar-refractivity contribution < 1.29 is 14.1 Å². The molecular formula is C26H24N4O3. The molecule has 1 aromatic heterocycles. The summed E-state index contributed by atoms with van der Waals surface area (Å²) in [6.07, 6.45) is 1.54. The summed E-state index contributed by atoms with van der Waals surface area (Å²) in [5, 5.41) is 7.86. The lowest BCUT2D eigenvalue weighted by atomic mass is 9.96. The predicted molar refractivity (Wildman–Crippen MR) is 128 cm³/mol. The van der Waals surface area contributed by atoms with Crippen molar-refractivity contribution in [1.82, 2.24) is 5.16 Å². The standard InChI is InChI=1S/C26H24N4O3/c27-25(31)18-12-14-30(15-13-18)21-9-7-20(8-10-21)28-26(32)19-6-11-23-22(16-19)24(33-29-23)17-4-2-1-3-5-17/h1-11,16,18H,12-15H2,(H2,27,31)(H,28,32). The first-order chi connectivity index (χ1) is 16.1. The highest BCUT2D eigenvalue weighted by molar-refractivity contribution is 6.07. The first kappa shape index (κ1) is 20.8. The monoisotopic (exact) mass is 440 g/mol. The fourth-order valence-electron chi connectivity index (χ4n) is 4.26. The van der Waals surface area contributed by atoms with E-state index in [0.29, 0.717) is 22.5 Å². The Bertz CT molecular complexity index is 1290. The molecule has 3 aromatic carbocycles. The summed E-state index contributed by atoms with van der Waals surface area (Å²) in [7, 11) is 0. The number of carbonyl (C=O) groups excluding carboxylic acids is 2. The Kier molecular flexibility index (Phi) is 5.52. The lowest BCUT2D eigenvalue weighted by Gasteiger charge is -2.32. The van der Waals surface area contributed by atoms with Crippen LogP contribution in [-0.4, -0.2) is 30.1 Å². The second-order valence-electron chi connectivity index (χ2n) is 8.27. The number of amides is 2. The lowest BCUT2D eigenvalue weighted by molar-refractivity contribution is -0.122. The molecule has 3 N–H and O–H groups in total. The highest BCUT2D eigenvalue weighted by Crippen LogP contribution is 2.30. The van der Waals surface area contributed by atoms with Gasteiger partial charge in [-0.25, -0.2) is 0 Å². The van der Waals surface area contributed by atoms with Crippen LogP contribution in [0, 0.1) is 5.92 Å². The van der Waals surface area contributed by atoms with Gasteiger partial charge in [0, 0.05) is 41.5 Å². The van der Waals surface area contributed by atoms with Gasteiger partial charge in [0.05, 0.1) is 5.39 Å². The maximum atomic E-state index is 12.9. The van der Waals surface area contributed by atoms with Crippen LogP contribution in [0.1, 0.15) is 23.2 Å².